The quantitative estimate of drug-likeness (QED) is 0.769. The van der Waals surface area contributed by atoms with E-state index >= 15 is 0 Å². The Hall–Kier alpha value is -0.730. The maximum atomic E-state index is 6.39. The number of hydrogen-bond acceptors (Lipinski definition) is 2. The highest BCUT2D eigenvalue weighted by Gasteiger charge is 2.41. The molecular formula is C17H22ClNO. The molecule has 108 valence electrons. The Balaban J connectivity index is 1.53. The second-order valence-electron chi connectivity index (χ2n) is 6.52. The highest BCUT2D eigenvalue weighted by Crippen LogP contribution is 2.41. The van der Waals surface area contributed by atoms with Gasteiger partial charge >= 0.3 is 0 Å². The second kappa shape index (κ2) is 5.23. The number of fused-ring (bicyclic) bond motifs is 3. The first-order valence-electron chi connectivity index (χ1n) is 7.93. The zero-order valence-electron chi connectivity index (χ0n) is 11.8. The fourth-order valence-electron chi connectivity index (χ4n) is 4.37. The van der Waals surface area contributed by atoms with Gasteiger partial charge < -0.3 is 4.74 Å². The molecule has 0 aliphatic carbocycles. The number of para-hydroxylation sites is 1. The summed E-state index contributed by atoms with van der Waals surface area (Å²) >= 11 is 6.39. The van der Waals surface area contributed by atoms with Crippen LogP contribution in [0.1, 0.15) is 43.6 Å². The summed E-state index contributed by atoms with van der Waals surface area (Å²) in [7, 11) is 0. The molecule has 3 unspecified atom stereocenters. The van der Waals surface area contributed by atoms with E-state index in [2.05, 4.69) is 29.2 Å². The van der Waals surface area contributed by atoms with E-state index in [4.69, 9.17) is 16.3 Å². The number of ether oxygens (including phenoxy) is 1. The average molecular weight is 292 g/mol. The highest BCUT2D eigenvalue weighted by atomic mass is 35.5. The summed E-state index contributed by atoms with van der Waals surface area (Å²) in [6, 6.07) is 10.0. The van der Waals surface area contributed by atoms with Gasteiger partial charge in [0.2, 0.25) is 0 Å². The fraction of sp³-hybridized carbons (Fsp3) is 0.647. The molecule has 3 heteroatoms. The minimum atomic E-state index is 0.408. The molecular weight excluding hydrogens is 270 g/mol. The summed E-state index contributed by atoms with van der Waals surface area (Å²) in [5.74, 6) is 1.73. The van der Waals surface area contributed by atoms with Crippen molar-refractivity contribution in [2.45, 2.75) is 55.5 Å². The van der Waals surface area contributed by atoms with Crippen LogP contribution in [-0.2, 0) is 0 Å². The Kier molecular flexibility index (Phi) is 3.39. The van der Waals surface area contributed by atoms with Crippen molar-refractivity contribution in [1.29, 1.82) is 0 Å². The number of rotatable bonds is 2. The van der Waals surface area contributed by atoms with Gasteiger partial charge in [-0.3, -0.25) is 4.90 Å². The standard InChI is InChI=1S/C17H22ClNO/c18-13-9-14-5-6-15(10-13)19(14)11-12-7-8-20-17-4-2-1-3-16(12)17/h1-4,12-15H,5-11H2. The molecule has 0 saturated carbocycles. The predicted octanol–water partition coefficient (Wildman–Crippen LogP) is 3.79. The summed E-state index contributed by atoms with van der Waals surface area (Å²) in [6.07, 6.45) is 6.21. The summed E-state index contributed by atoms with van der Waals surface area (Å²) < 4.78 is 5.79. The first-order valence-corrected chi connectivity index (χ1v) is 8.36. The number of hydrogen-bond donors (Lipinski definition) is 0. The van der Waals surface area contributed by atoms with E-state index in [9.17, 15) is 0 Å². The molecule has 3 aliphatic rings. The van der Waals surface area contributed by atoms with Gasteiger partial charge in [0.05, 0.1) is 6.61 Å². The number of benzene rings is 1. The van der Waals surface area contributed by atoms with Crippen molar-refractivity contribution in [1.82, 2.24) is 4.90 Å². The third kappa shape index (κ3) is 2.23. The Morgan fingerprint density at radius 3 is 2.65 bits per heavy atom. The van der Waals surface area contributed by atoms with E-state index in [0.717, 1.165) is 30.9 Å². The van der Waals surface area contributed by atoms with Gasteiger partial charge in [0.25, 0.3) is 0 Å². The molecule has 3 atom stereocenters. The van der Waals surface area contributed by atoms with Crippen molar-refractivity contribution in [3.63, 3.8) is 0 Å². The highest BCUT2D eigenvalue weighted by molar-refractivity contribution is 6.20. The summed E-state index contributed by atoms with van der Waals surface area (Å²) in [6.45, 7) is 2.06. The van der Waals surface area contributed by atoms with Crippen LogP contribution >= 0.6 is 11.6 Å². The van der Waals surface area contributed by atoms with Gasteiger partial charge in [0.15, 0.2) is 0 Å². The Labute approximate surface area is 126 Å². The molecule has 0 aromatic heterocycles. The zero-order chi connectivity index (χ0) is 13.5. The van der Waals surface area contributed by atoms with Crippen molar-refractivity contribution >= 4 is 11.6 Å². The number of alkyl halides is 1. The van der Waals surface area contributed by atoms with Crippen LogP contribution in [-0.4, -0.2) is 35.5 Å². The van der Waals surface area contributed by atoms with Gasteiger partial charge in [-0.05, 0) is 43.7 Å². The molecule has 1 aromatic carbocycles. The molecule has 20 heavy (non-hydrogen) atoms. The van der Waals surface area contributed by atoms with Crippen molar-refractivity contribution < 1.29 is 4.74 Å². The molecule has 0 amide bonds. The van der Waals surface area contributed by atoms with Gasteiger partial charge in [0, 0.05) is 29.9 Å². The SMILES string of the molecule is ClC1CC2CCC(C1)N2CC1CCOc2ccccc21. The monoisotopic (exact) mass is 291 g/mol. The van der Waals surface area contributed by atoms with E-state index in [-0.39, 0.29) is 0 Å². The van der Waals surface area contributed by atoms with Crippen molar-refractivity contribution in [2.75, 3.05) is 13.2 Å². The second-order valence-corrected chi connectivity index (χ2v) is 7.14. The van der Waals surface area contributed by atoms with Crippen molar-refractivity contribution in [3.8, 4) is 5.75 Å². The Morgan fingerprint density at radius 1 is 1.10 bits per heavy atom. The average Bonchev–Trinajstić information content (AvgIpc) is 2.70. The molecule has 1 aromatic rings. The van der Waals surface area contributed by atoms with E-state index in [1.807, 2.05) is 0 Å². The summed E-state index contributed by atoms with van der Waals surface area (Å²) in [5.41, 5.74) is 1.41. The number of nitrogens with zero attached hydrogens (tertiary/aromatic N) is 1. The molecule has 2 bridgehead atoms. The van der Waals surface area contributed by atoms with Gasteiger partial charge in [-0.25, -0.2) is 0 Å². The first kappa shape index (κ1) is 13.0. The van der Waals surface area contributed by atoms with E-state index in [1.165, 1.54) is 37.8 Å². The molecule has 3 aliphatic heterocycles. The van der Waals surface area contributed by atoms with Gasteiger partial charge in [-0.1, -0.05) is 18.2 Å². The molecule has 2 saturated heterocycles. The van der Waals surface area contributed by atoms with Crippen molar-refractivity contribution in [2.24, 2.45) is 0 Å². The lowest BCUT2D eigenvalue weighted by molar-refractivity contribution is 0.122. The van der Waals surface area contributed by atoms with Crippen molar-refractivity contribution in [3.05, 3.63) is 29.8 Å². The molecule has 3 heterocycles. The maximum absolute atomic E-state index is 6.39. The van der Waals surface area contributed by atoms with Crippen LogP contribution in [0.5, 0.6) is 5.75 Å². The smallest absolute Gasteiger partial charge is 0.122 e. The van der Waals surface area contributed by atoms with Crippen LogP contribution in [0.3, 0.4) is 0 Å². The third-order valence-electron chi connectivity index (χ3n) is 5.34. The topological polar surface area (TPSA) is 12.5 Å². The van der Waals surface area contributed by atoms with Crippen LogP contribution in [0, 0.1) is 0 Å². The van der Waals surface area contributed by atoms with E-state index in [1.54, 1.807) is 0 Å². The largest absolute Gasteiger partial charge is 0.493 e. The normalized spacial score (nSPS) is 36.5. The van der Waals surface area contributed by atoms with Crippen LogP contribution in [0.2, 0.25) is 0 Å². The van der Waals surface area contributed by atoms with Gasteiger partial charge in [-0.15, -0.1) is 11.6 Å². The van der Waals surface area contributed by atoms with Crippen LogP contribution in [0.4, 0.5) is 0 Å². The molecule has 0 radical (unpaired) electrons. The van der Waals surface area contributed by atoms with Crippen LogP contribution in [0.25, 0.3) is 0 Å². The molecule has 0 N–H and O–H groups in total. The lowest BCUT2D eigenvalue weighted by atomic mass is 9.90. The number of piperidine rings is 1. The Morgan fingerprint density at radius 2 is 1.85 bits per heavy atom. The molecule has 4 rings (SSSR count). The predicted molar refractivity (Wildman–Crippen MR) is 81.7 cm³/mol. The molecule has 0 spiro atoms. The van der Waals surface area contributed by atoms with Gasteiger partial charge in [0.1, 0.15) is 5.75 Å². The first-order chi connectivity index (χ1) is 9.81. The summed E-state index contributed by atoms with van der Waals surface area (Å²) in [5, 5.41) is 0.408. The summed E-state index contributed by atoms with van der Waals surface area (Å²) in [4.78, 5) is 2.76. The van der Waals surface area contributed by atoms with Crippen LogP contribution < -0.4 is 4.74 Å². The molecule has 2 fully saturated rings. The maximum Gasteiger partial charge on any atom is 0.122 e. The zero-order valence-corrected chi connectivity index (χ0v) is 12.6. The fourth-order valence-corrected chi connectivity index (χ4v) is 4.78. The number of halogens is 1. The molecule has 2 nitrogen and oxygen atoms in total. The Bertz CT molecular complexity index is 478. The van der Waals surface area contributed by atoms with E-state index in [0.29, 0.717) is 11.3 Å². The van der Waals surface area contributed by atoms with E-state index < -0.39 is 0 Å². The van der Waals surface area contributed by atoms with Gasteiger partial charge in [-0.2, -0.15) is 0 Å². The van der Waals surface area contributed by atoms with Crippen LogP contribution in [0.15, 0.2) is 24.3 Å². The third-order valence-corrected chi connectivity index (χ3v) is 5.70. The lowest BCUT2D eigenvalue weighted by Crippen LogP contribution is -2.45. The minimum Gasteiger partial charge on any atom is -0.493 e. The minimum absolute atomic E-state index is 0.408. The lowest BCUT2D eigenvalue weighted by Gasteiger charge is -2.40.